The molecule has 1 aliphatic heterocycles. The highest BCUT2D eigenvalue weighted by Crippen LogP contribution is 2.25. The number of aryl methyl sites for hydroxylation is 2. The van der Waals surface area contributed by atoms with Crippen molar-refractivity contribution in [3.63, 3.8) is 0 Å². The number of nitrogens with zero attached hydrogens (tertiary/aromatic N) is 1. The maximum atomic E-state index is 13.4. The maximum Gasteiger partial charge on any atom is 0.240 e. The van der Waals surface area contributed by atoms with Gasteiger partial charge in [0.25, 0.3) is 0 Å². The van der Waals surface area contributed by atoms with Gasteiger partial charge in [-0.05, 0) is 73.1 Å². The minimum absolute atomic E-state index is 0.112. The molecule has 28 heavy (non-hydrogen) atoms. The lowest BCUT2D eigenvalue weighted by atomic mass is 10.1. The van der Waals surface area contributed by atoms with Crippen LogP contribution in [0.1, 0.15) is 36.0 Å². The fraction of sp³-hybridized carbons (Fsp3) is 0.429. The summed E-state index contributed by atoms with van der Waals surface area (Å²) in [6.07, 6.45) is 4.44. The Labute approximate surface area is 164 Å². The van der Waals surface area contributed by atoms with E-state index in [9.17, 15) is 17.2 Å². The Kier molecular flexibility index (Phi) is 5.49. The second-order valence-electron chi connectivity index (χ2n) is 7.70. The quantitative estimate of drug-likeness (QED) is 0.828. The third-order valence-corrected chi connectivity index (χ3v) is 7.20. The molecule has 2 aliphatic rings. The van der Waals surface area contributed by atoms with Crippen molar-refractivity contribution in [2.45, 2.75) is 49.6 Å². The average Bonchev–Trinajstić information content (AvgIpc) is 3.14. The number of benzene rings is 2. The van der Waals surface area contributed by atoms with Gasteiger partial charge in [0.1, 0.15) is 0 Å². The van der Waals surface area contributed by atoms with E-state index in [2.05, 4.69) is 9.62 Å². The molecule has 0 atom stereocenters. The number of hydrogen-bond acceptors (Lipinski definition) is 3. The Hall–Kier alpha value is -1.83. The zero-order valence-corrected chi connectivity index (χ0v) is 16.4. The summed E-state index contributed by atoms with van der Waals surface area (Å²) in [7, 11) is -3.53. The number of sulfonamides is 1. The van der Waals surface area contributed by atoms with Gasteiger partial charge in [-0.2, -0.15) is 0 Å². The highest BCUT2D eigenvalue weighted by atomic mass is 32.2. The van der Waals surface area contributed by atoms with E-state index >= 15 is 0 Å². The molecule has 0 aromatic heterocycles. The lowest BCUT2D eigenvalue weighted by molar-refractivity contribution is 0.199. The zero-order chi connectivity index (χ0) is 19.7. The fourth-order valence-corrected chi connectivity index (χ4v) is 5.46. The SMILES string of the molecule is O=S(=O)(NC1CCN(Cc2ccc(F)c(F)c2)CC1)c1ccc2c(c1)CCC2. The molecule has 1 heterocycles. The molecule has 0 bridgehead atoms. The van der Waals surface area contributed by atoms with Crippen molar-refractivity contribution in [2.75, 3.05) is 13.1 Å². The van der Waals surface area contributed by atoms with Crippen molar-refractivity contribution in [1.82, 2.24) is 9.62 Å². The third kappa shape index (κ3) is 4.26. The Bertz CT molecular complexity index is 970. The summed E-state index contributed by atoms with van der Waals surface area (Å²) in [6, 6.07) is 9.27. The van der Waals surface area contributed by atoms with Gasteiger partial charge in [0.15, 0.2) is 11.6 Å². The standard InChI is InChI=1S/C21H24F2N2O2S/c22-20-7-4-15(12-21(20)23)14-25-10-8-18(9-11-25)24-28(26,27)19-6-5-16-2-1-3-17(16)13-19/h4-7,12-13,18,24H,1-3,8-11,14H2. The smallest absolute Gasteiger partial charge is 0.240 e. The molecule has 7 heteroatoms. The van der Waals surface area contributed by atoms with Crippen LogP contribution < -0.4 is 4.72 Å². The number of piperidine rings is 1. The highest BCUT2D eigenvalue weighted by molar-refractivity contribution is 7.89. The molecule has 1 aliphatic carbocycles. The molecule has 4 rings (SSSR count). The molecule has 150 valence electrons. The van der Waals surface area contributed by atoms with Gasteiger partial charge in [0.2, 0.25) is 10.0 Å². The van der Waals surface area contributed by atoms with Crippen LogP contribution in [-0.2, 0) is 29.4 Å². The first-order valence-corrected chi connectivity index (χ1v) is 11.2. The zero-order valence-electron chi connectivity index (χ0n) is 15.6. The van der Waals surface area contributed by atoms with Crippen LogP contribution in [0.4, 0.5) is 8.78 Å². The van der Waals surface area contributed by atoms with Crippen molar-refractivity contribution in [3.05, 3.63) is 64.7 Å². The Morgan fingerprint density at radius 3 is 2.46 bits per heavy atom. The van der Waals surface area contributed by atoms with Crippen LogP contribution in [0.15, 0.2) is 41.3 Å². The van der Waals surface area contributed by atoms with E-state index in [1.165, 1.54) is 11.6 Å². The van der Waals surface area contributed by atoms with E-state index in [1.54, 1.807) is 12.1 Å². The predicted octanol–water partition coefficient (Wildman–Crippen LogP) is 3.40. The molecule has 0 saturated carbocycles. The minimum atomic E-state index is -3.53. The Morgan fingerprint density at radius 2 is 1.71 bits per heavy atom. The van der Waals surface area contributed by atoms with Gasteiger partial charge in [-0.25, -0.2) is 21.9 Å². The van der Waals surface area contributed by atoms with E-state index < -0.39 is 21.7 Å². The largest absolute Gasteiger partial charge is 0.299 e. The molecule has 4 nitrogen and oxygen atoms in total. The van der Waals surface area contributed by atoms with Crippen LogP contribution in [0, 0.1) is 11.6 Å². The van der Waals surface area contributed by atoms with E-state index in [4.69, 9.17) is 0 Å². The number of nitrogens with one attached hydrogen (secondary N) is 1. The fourth-order valence-electron chi connectivity index (χ4n) is 4.11. The van der Waals surface area contributed by atoms with Gasteiger partial charge in [-0.15, -0.1) is 0 Å². The van der Waals surface area contributed by atoms with Crippen LogP contribution in [0.5, 0.6) is 0 Å². The lowest BCUT2D eigenvalue weighted by Gasteiger charge is -2.32. The normalized spacial score (nSPS) is 18.4. The van der Waals surface area contributed by atoms with Crippen molar-refractivity contribution in [2.24, 2.45) is 0 Å². The van der Waals surface area contributed by atoms with Crippen LogP contribution in [0.25, 0.3) is 0 Å². The summed E-state index contributed by atoms with van der Waals surface area (Å²) in [5, 5.41) is 0. The predicted molar refractivity (Wildman–Crippen MR) is 103 cm³/mol. The molecule has 0 unspecified atom stereocenters. The molecular weight excluding hydrogens is 382 g/mol. The molecular formula is C21H24F2N2O2S. The summed E-state index contributed by atoms with van der Waals surface area (Å²) in [5.74, 6) is -1.68. The number of likely N-dealkylation sites (tertiary alicyclic amines) is 1. The molecule has 1 N–H and O–H groups in total. The summed E-state index contributed by atoms with van der Waals surface area (Å²) in [4.78, 5) is 2.48. The van der Waals surface area contributed by atoms with Crippen molar-refractivity contribution in [3.8, 4) is 0 Å². The van der Waals surface area contributed by atoms with Crippen LogP contribution in [0.3, 0.4) is 0 Å². The van der Waals surface area contributed by atoms with Gasteiger partial charge in [-0.1, -0.05) is 12.1 Å². The van der Waals surface area contributed by atoms with E-state index in [0.717, 1.165) is 36.5 Å². The number of hydrogen-bond donors (Lipinski definition) is 1. The molecule has 2 aromatic carbocycles. The van der Waals surface area contributed by atoms with E-state index in [1.807, 2.05) is 12.1 Å². The molecule has 1 fully saturated rings. The highest BCUT2D eigenvalue weighted by Gasteiger charge is 2.25. The summed E-state index contributed by atoms with van der Waals surface area (Å²) in [6.45, 7) is 1.94. The number of fused-ring (bicyclic) bond motifs is 1. The van der Waals surface area contributed by atoms with Gasteiger partial charge < -0.3 is 0 Å². The summed E-state index contributed by atoms with van der Waals surface area (Å²) < 4.78 is 54.7. The molecule has 0 amide bonds. The minimum Gasteiger partial charge on any atom is -0.299 e. The average molecular weight is 406 g/mol. The molecule has 2 aromatic rings. The second-order valence-corrected chi connectivity index (χ2v) is 9.42. The van der Waals surface area contributed by atoms with Crippen LogP contribution >= 0.6 is 0 Å². The topological polar surface area (TPSA) is 49.4 Å². The molecule has 0 spiro atoms. The molecule has 0 radical (unpaired) electrons. The van der Waals surface area contributed by atoms with Gasteiger partial charge >= 0.3 is 0 Å². The van der Waals surface area contributed by atoms with E-state index in [0.29, 0.717) is 37.4 Å². The lowest BCUT2D eigenvalue weighted by Crippen LogP contribution is -2.44. The van der Waals surface area contributed by atoms with Gasteiger partial charge in [0, 0.05) is 25.7 Å². The number of halogens is 2. The van der Waals surface area contributed by atoms with Crippen molar-refractivity contribution >= 4 is 10.0 Å². The van der Waals surface area contributed by atoms with Crippen molar-refractivity contribution in [1.29, 1.82) is 0 Å². The summed E-state index contributed by atoms with van der Waals surface area (Å²) >= 11 is 0. The van der Waals surface area contributed by atoms with Crippen molar-refractivity contribution < 1.29 is 17.2 Å². The first kappa shape index (κ1) is 19.5. The molecule has 1 saturated heterocycles. The van der Waals surface area contributed by atoms with E-state index in [-0.39, 0.29) is 6.04 Å². The van der Waals surface area contributed by atoms with Gasteiger partial charge in [0.05, 0.1) is 4.90 Å². The monoisotopic (exact) mass is 406 g/mol. The van der Waals surface area contributed by atoms with Crippen LogP contribution in [-0.4, -0.2) is 32.4 Å². The first-order valence-electron chi connectivity index (χ1n) is 9.71. The Balaban J connectivity index is 1.34. The van der Waals surface area contributed by atoms with Crippen LogP contribution in [0.2, 0.25) is 0 Å². The first-order chi connectivity index (χ1) is 13.4. The third-order valence-electron chi connectivity index (χ3n) is 5.68. The summed E-state index contributed by atoms with van der Waals surface area (Å²) in [5.41, 5.74) is 3.12. The van der Waals surface area contributed by atoms with Gasteiger partial charge in [-0.3, -0.25) is 4.90 Å². The number of rotatable bonds is 5. The second kappa shape index (κ2) is 7.89. The Morgan fingerprint density at radius 1 is 0.964 bits per heavy atom. The maximum absolute atomic E-state index is 13.4.